The molecule has 27 heavy (non-hydrogen) atoms. The summed E-state index contributed by atoms with van der Waals surface area (Å²) in [5, 5.41) is 5.76. The molecule has 0 saturated carbocycles. The van der Waals surface area contributed by atoms with Crippen LogP contribution in [-0.2, 0) is 6.18 Å². The average Bonchev–Trinajstić information content (AvgIpc) is 2.60. The molecule has 0 saturated heterocycles. The fourth-order valence-corrected chi connectivity index (χ4v) is 2.70. The molecular formula is C18H13F3N2O3S. The summed E-state index contributed by atoms with van der Waals surface area (Å²) < 4.78 is 49.2. The lowest BCUT2D eigenvalue weighted by molar-refractivity contribution is -0.136. The van der Waals surface area contributed by atoms with Gasteiger partial charge in [0.2, 0.25) is 0 Å². The molecule has 1 heterocycles. The summed E-state index contributed by atoms with van der Waals surface area (Å²) in [5.74, 6) is 0.634. The molecule has 0 bridgehead atoms. The quantitative estimate of drug-likeness (QED) is 0.499. The van der Waals surface area contributed by atoms with E-state index in [2.05, 4.69) is 10.6 Å². The van der Waals surface area contributed by atoms with Crippen LogP contribution in [-0.4, -0.2) is 12.2 Å². The van der Waals surface area contributed by atoms with Crippen molar-refractivity contribution in [2.24, 2.45) is 0 Å². The molecule has 0 fully saturated rings. The van der Waals surface area contributed by atoms with Crippen molar-refractivity contribution >= 4 is 39.7 Å². The van der Waals surface area contributed by atoms with Gasteiger partial charge in [0.1, 0.15) is 11.3 Å². The minimum Gasteiger partial charge on any atom is -0.497 e. The zero-order chi connectivity index (χ0) is 19.6. The van der Waals surface area contributed by atoms with Crippen LogP contribution in [0.5, 0.6) is 5.75 Å². The third-order valence-corrected chi connectivity index (χ3v) is 3.84. The van der Waals surface area contributed by atoms with Crippen LogP contribution in [0, 0.1) is 0 Å². The highest BCUT2D eigenvalue weighted by atomic mass is 32.1. The molecule has 5 nitrogen and oxygen atoms in total. The highest BCUT2D eigenvalue weighted by molar-refractivity contribution is 7.80. The highest BCUT2D eigenvalue weighted by Gasteiger charge is 2.33. The number of ether oxygens (including phenoxy) is 1. The van der Waals surface area contributed by atoms with E-state index in [1.54, 1.807) is 24.3 Å². The number of anilines is 2. The molecular weight excluding hydrogens is 381 g/mol. The zero-order valence-corrected chi connectivity index (χ0v) is 14.7. The van der Waals surface area contributed by atoms with Crippen molar-refractivity contribution in [1.82, 2.24) is 0 Å². The lowest BCUT2D eigenvalue weighted by Gasteiger charge is -2.13. The van der Waals surface area contributed by atoms with Crippen molar-refractivity contribution < 1.29 is 22.3 Å². The predicted octanol–water partition coefficient (Wildman–Crippen LogP) is 4.63. The van der Waals surface area contributed by atoms with Crippen molar-refractivity contribution in [1.29, 1.82) is 0 Å². The summed E-state index contributed by atoms with van der Waals surface area (Å²) in [6.45, 7) is 0. The van der Waals surface area contributed by atoms with Gasteiger partial charge in [0.15, 0.2) is 5.11 Å². The van der Waals surface area contributed by atoms with E-state index in [0.29, 0.717) is 23.2 Å². The first-order valence-corrected chi connectivity index (χ1v) is 8.04. The van der Waals surface area contributed by atoms with E-state index >= 15 is 0 Å². The minimum atomic E-state index is -4.66. The second-order valence-corrected chi connectivity index (χ2v) is 5.91. The maximum atomic E-state index is 13.1. The van der Waals surface area contributed by atoms with Crippen LogP contribution in [0.15, 0.2) is 57.7 Å². The predicted molar refractivity (Wildman–Crippen MR) is 100 cm³/mol. The number of rotatable bonds is 3. The topological polar surface area (TPSA) is 63.5 Å². The molecule has 2 N–H and O–H groups in total. The average molecular weight is 394 g/mol. The van der Waals surface area contributed by atoms with Gasteiger partial charge >= 0.3 is 11.8 Å². The molecule has 0 aliphatic carbocycles. The Bertz CT molecular complexity index is 1060. The molecule has 0 atom stereocenters. The number of benzene rings is 2. The molecule has 1 aromatic heterocycles. The summed E-state index contributed by atoms with van der Waals surface area (Å²) in [5.41, 5.74) is -1.28. The van der Waals surface area contributed by atoms with Gasteiger partial charge in [-0.2, -0.15) is 13.2 Å². The van der Waals surface area contributed by atoms with Crippen LogP contribution >= 0.6 is 12.2 Å². The number of thiocarbonyl (C=S) groups is 1. The van der Waals surface area contributed by atoms with Crippen LogP contribution < -0.4 is 21.0 Å². The normalized spacial score (nSPS) is 11.3. The van der Waals surface area contributed by atoms with E-state index in [1.807, 2.05) is 0 Å². The van der Waals surface area contributed by atoms with Crippen LogP contribution in [0.3, 0.4) is 0 Å². The van der Waals surface area contributed by atoms with Crippen molar-refractivity contribution in [2.75, 3.05) is 17.7 Å². The second-order valence-electron chi connectivity index (χ2n) is 5.50. The monoisotopic (exact) mass is 394 g/mol. The molecule has 0 aliphatic heterocycles. The minimum absolute atomic E-state index is 0.191. The van der Waals surface area contributed by atoms with Crippen LogP contribution in [0.25, 0.3) is 11.0 Å². The number of alkyl halides is 3. The number of methoxy groups -OCH3 is 1. The molecule has 0 aliphatic rings. The Morgan fingerprint density at radius 3 is 2.44 bits per heavy atom. The molecule has 0 radical (unpaired) electrons. The van der Waals surface area contributed by atoms with Crippen molar-refractivity contribution in [3.05, 3.63) is 64.5 Å². The molecule has 3 rings (SSSR count). The number of hydrogen-bond acceptors (Lipinski definition) is 4. The third-order valence-electron chi connectivity index (χ3n) is 3.64. The summed E-state index contributed by atoms with van der Waals surface area (Å²) in [7, 11) is 1.54. The van der Waals surface area contributed by atoms with Gasteiger partial charge in [0.25, 0.3) is 0 Å². The molecule has 0 spiro atoms. The first kappa shape index (κ1) is 18.7. The Labute approximate surface area is 156 Å². The van der Waals surface area contributed by atoms with Crippen LogP contribution in [0.2, 0.25) is 0 Å². The van der Waals surface area contributed by atoms with Gasteiger partial charge in [-0.05, 0) is 36.5 Å². The zero-order valence-electron chi connectivity index (χ0n) is 13.9. The molecule has 140 valence electrons. The first-order chi connectivity index (χ1) is 12.8. The van der Waals surface area contributed by atoms with Gasteiger partial charge in [-0.15, -0.1) is 0 Å². The van der Waals surface area contributed by atoms with E-state index in [0.717, 1.165) is 0 Å². The van der Waals surface area contributed by atoms with Crippen LogP contribution in [0.4, 0.5) is 24.5 Å². The van der Waals surface area contributed by atoms with E-state index in [1.165, 1.54) is 25.3 Å². The van der Waals surface area contributed by atoms with Crippen molar-refractivity contribution in [3.8, 4) is 5.75 Å². The van der Waals surface area contributed by atoms with Gasteiger partial charge in [-0.1, -0.05) is 6.07 Å². The van der Waals surface area contributed by atoms with Gasteiger partial charge in [0.05, 0.1) is 12.7 Å². The molecule has 2 aromatic carbocycles. The van der Waals surface area contributed by atoms with Crippen molar-refractivity contribution in [3.63, 3.8) is 0 Å². The van der Waals surface area contributed by atoms with Gasteiger partial charge < -0.3 is 19.8 Å². The Morgan fingerprint density at radius 2 is 1.78 bits per heavy atom. The smallest absolute Gasteiger partial charge is 0.417 e. The largest absolute Gasteiger partial charge is 0.497 e. The van der Waals surface area contributed by atoms with Gasteiger partial charge in [-0.25, -0.2) is 4.79 Å². The summed E-state index contributed by atoms with van der Waals surface area (Å²) in [6.07, 6.45) is -4.66. The van der Waals surface area contributed by atoms with Gasteiger partial charge in [-0.3, -0.25) is 0 Å². The Balaban J connectivity index is 1.85. The fraction of sp³-hybridized carbons (Fsp3) is 0.111. The maximum Gasteiger partial charge on any atom is 0.417 e. The SMILES string of the molecule is COc1cccc(NC(=S)Nc2ccc3c(C(F)(F)F)cc(=O)oc3c2)c1. The fourth-order valence-electron chi connectivity index (χ4n) is 2.47. The summed E-state index contributed by atoms with van der Waals surface area (Å²) >= 11 is 5.20. The lowest BCUT2D eigenvalue weighted by atomic mass is 10.1. The molecule has 3 aromatic rings. The van der Waals surface area contributed by atoms with Gasteiger partial charge in [0, 0.05) is 35.0 Å². The second kappa shape index (κ2) is 7.28. The summed E-state index contributed by atoms with van der Waals surface area (Å²) in [6, 6.07) is 11.4. The maximum absolute atomic E-state index is 13.1. The van der Waals surface area contributed by atoms with E-state index < -0.39 is 17.4 Å². The van der Waals surface area contributed by atoms with E-state index in [9.17, 15) is 18.0 Å². The van der Waals surface area contributed by atoms with E-state index in [-0.39, 0.29) is 16.1 Å². The first-order valence-electron chi connectivity index (χ1n) is 7.63. The number of halogens is 3. The number of hydrogen-bond donors (Lipinski definition) is 2. The Morgan fingerprint density at radius 1 is 1.07 bits per heavy atom. The Kier molecular flexibility index (Phi) is 5.04. The summed E-state index contributed by atoms with van der Waals surface area (Å²) in [4.78, 5) is 11.4. The molecule has 0 unspecified atom stereocenters. The van der Waals surface area contributed by atoms with Crippen LogP contribution in [0.1, 0.15) is 5.56 Å². The molecule has 9 heteroatoms. The highest BCUT2D eigenvalue weighted by Crippen LogP contribution is 2.34. The third kappa shape index (κ3) is 4.37. The lowest BCUT2D eigenvalue weighted by Crippen LogP contribution is -2.19. The van der Waals surface area contributed by atoms with E-state index in [4.69, 9.17) is 21.4 Å². The standard InChI is InChI=1S/C18H13F3N2O3S/c1-25-12-4-2-3-10(7-12)22-17(27)23-11-5-6-13-14(18(19,20)21)9-16(24)26-15(13)8-11/h2-9H,1H3,(H2,22,23,27). The van der Waals surface area contributed by atoms with Crippen molar-refractivity contribution in [2.45, 2.75) is 6.18 Å². The Hall–Kier alpha value is -3.07. The number of fused-ring (bicyclic) bond motifs is 1. The molecule has 0 amide bonds. The number of nitrogens with one attached hydrogen (secondary N) is 2.